The van der Waals surface area contributed by atoms with Gasteiger partial charge in [0.15, 0.2) is 5.76 Å². The molecule has 3 aromatic rings. The van der Waals surface area contributed by atoms with Crippen LogP contribution >= 0.6 is 0 Å². The van der Waals surface area contributed by atoms with E-state index in [0.717, 1.165) is 5.56 Å². The lowest BCUT2D eigenvalue weighted by atomic mass is 10.0. The average Bonchev–Trinajstić information content (AvgIpc) is 3.55. The number of amides is 2. The van der Waals surface area contributed by atoms with Crippen molar-refractivity contribution in [2.45, 2.75) is 32.9 Å². The van der Waals surface area contributed by atoms with E-state index in [2.05, 4.69) is 20.4 Å². The molecule has 0 bridgehead atoms. The third-order valence-electron chi connectivity index (χ3n) is 5.97. The van der Waals surface area contributed by atoms with E-state index in [-0.39, 0.29) is 29.5 Å². The van der Waals surface area contributed by atoms with Crippen LogP contribution in [0.2, 0.25) is 0 Å². The van der Waals surface area contributed by atoms with Crippen LogP contribution in [-0.2, 0) is 4.79 Å². The second kappa shape index (κ2) is 9.99. The topological polar surface area (TPSA) is 105 Å². The molecule has 1 aliphatic heterocycles. The molecule has 9 nitrogen and oxygen atoms in total. The van der Waals surface area contributed by atoms with E-state index >= 15 is 0 Å². The Hall–Kier alpha value is -3.46. The molecule has 1 aliphatic rings. The minimum absolute atomic E-state index is 0.0526. The van der Waals surface area contributed by atoms with Crippen LogP contribution in [-0.4, -0.2) is 64.0 Å². The first-order valence-electron chi connectivity index (χ1n) is 11.2. The van der Waals surface area contributed by atoms with Crippen molar-refractivity contribution in [2.75, 3.05) is 26.2 Å². The number of rotatable bonds is 7. The highest BCUT2D eigenvalue weighted by atomic mass is 16.5. The van der Waals surface area contributed by atoms with Gasteiger partial charge in [-0.25, -0.2) is 0 Å². The third kappa shape index (κ3) is 5.14. The zero-order chi connectivity index (χ0) is 23.4. The molecule has 0 saturated carbocycles. The Bertz CT molecular complexity index is 1060. The number of nitrogens with zero attached hydrogens (tertiary/aromatic N) is 4. The summed E-state index contributed by atoms with van der Waals surface area (Å²) in [6.45, 7) is 8.33. The number of nitrogens with one attached hydrogen (secondary N) is 1. The SMILES string of the molecule is CC(C)C(NC(=O)c1ccco1)C(=O)N1CCN(C(C)c2nc(-c3ccccc3)no2)CC1. The molecule has 0 aliphatic carbocycles. The first kappa shape index (κ1) is 22.7. The number of aromatic nitrogens is 2. The smallest absolute Gasteiger partial charge is 0.287 e. The van der Waals surface area contributed by atoms with Crippen molar-refractivity contribution in [2.24, 2.45) is 5.92 Å². The first-order valence-corrected chi connectivity index (χ1v) is 11.2. The predicted octanol–water partition coefficient (Wildman–Crippen LogP) is 2.99. The fourth-order valence-corrected chi connectivity index (χ4v) is 3.93. The van der Waals surface area contributed by atoms with Gasteiger partial charge in [0.25, 0.3) is 5.91 Å². The molecule has 1 saturated heterocycles. The Kier molecular flexibility index (Phi) is 6.88. The van der Waals surface area contributed by atoms with Crippen molar-refractivity contribution in [3.05, 3.63) is 60.4 Å². The standard InChI is InChI=1S/C24H29N5O4/c1-16(2)20(25-22(30)19-10-7-15-32-19)24(31)29-13-11-28(12-14-29)17(3)23-26-21(27-33-23)18-8-5-4-6-9-18/h4-10,15-17,20H,11-14H2,1-3H3,(H,25,30). The van der Waals surface area contributed by atoms with Crippen LogP contribution in [0.3, 0.4) is 0 Å². The van der Waals surface area contributed by atoms with Crippen LogP contribution in [0.1, 0.15) is 43.3 Å². The molecule has 0 radical (unpaired) electrons. The van der Waals surface area contributed by atoms with Gasteiger partial charge in [0.05, 0.1) is 12.3 Å². The molecule has 2 atom stereocenters. The number of hydrogen-bond acceptors (Lipinski definition) is 7. The summed E-state index contributed by atoms with van der Waals surface area (Å²) in [5.41, 5.74) is 0.909. The maximum Gasteiger partial charge on any atom is 0.287 e. The van der Waals surface area contributed by atoms with Gasteiger partial charge in [-0.15, -0.1) is 0 Å². The lowest BCUT2D eigenvalue weighted by Gasteiger charge is -2.38. The quantitative estimate of drug-likeness (QED) is 0.589. The third-order valence-corrected chi connectivity index (χ3v) is 5.97. The van der Waals surface area contributed by atoms with Gasteiger partial charge in [0, 0.05) is 31.7 Å². The van der Waals surface area contributed by atoms with Crippen molar-refractivity contribution in [1.82, 2.24) is 25.3 Å². The maximum absolute atomic E-state index is 13.2. The minimum atomic E-state index is -0.615. The van der Waals surface area contributed by atoms with Gasteiger partial charge in [0.1, 0.15) is 6.04 Å². The van der Waals surface area contributed by atoms with Crippen LogP contribution < -0.4 is 5.32 Å². The van der Waals surface area contributed by atoms with Gasteiger partial charge in [-0.05, 0) is 25.0 Å². The Labute approximate surface area is 192 Å². The monoisotopic (exact) mass is 451 g/mol. The normalized spacial score (nSPS) is 16.5. The van der Waals surface area contributed by atoms with Crippen molar-refractivity contribution in [1.29, 1.82) is 0 Å². The molecule has 4 rings (SSSR count). The molecule has 2 unspecified atom stereocenters. The summed E-state index contributed by atoms with van der Waals surface area (Å²) in [7, 11) is 0. The van der Waals surface area contributed by atoms with Crippen LogP contribution in [0.4, 0.5) is 0 Å². The number of carbonyl (C=O) groups excluding carboxylic acids is 2. The van der Waals surface area contributed by atoms with E-state index in [9.17, 15) is 9.59 Å². The van der Waals surface area contributed by atoms with Gasteiger partial charge in [-0.2, -0.15) is 4.98 Å². The van der Waals surface area contributed by atoms with Gasteiger partial charge in [0.2, 0.25) is 17.6 Å². The maximum atomic E-state index is 13.2. The summed E-state index contributed by atoms with van der Waals surface area (Å²) >= 11 is 0. The van der Waals surface area contributed by atoms with E-state index in [0.29, 0.717) is 37.9 Å². The van der Waals surface area contributed by atoms with E-state index in [1.165, 1.54) is 6.26 Å². The van der Waals surface area contributed by atoms with Crippen molar-refractivity contribution < 1.29 is 18.5 Å². The fraction of sp³-hybridized carbons (Fsp3) is 0.417. The van der Waals surface area contributed by atoms with Crippen molar-refractivity contribution in [3.63, 3.8) is 0 Å². The van der Waals surface area contributed by atoms with Crippen molar-refractivity contribution in [3.8, 4) is 11.4 Å². The number of benzene rings is 1. The minimum Gasteiger partial charge on any atom is -0.459 e. The predicted molar refractivity (Wildman–Crippen MR) is 121 cm³/mol. The van der Waals surface area contributed by atoms with Crippen LogP contribution in [0, 0.1) is 5.92 Å². The molecule has 1 aromatic carbocycles. The molecule has 1 fully saturated rings. The molecule has 1 N–H and O–H groups in total. The summed E-state index contributed by atoms with van der Waals surface area (Å²) in [4.78, 5) is 34.2. The highest BCUT2D eigenvalue weighted by Crippen LogP contribution is 2.24. The lowest BCUT2D eigenvalue weighted by Crippen LogP contribution is -2.56. The number of piperazine rings is 1. The van der Waals surface area contributed by atoms with E-state index in [1.54, 1.807) is 17.0 Å². The Morgan fingerprint density at radius 3 is 2.36 bits per heavy atom. The summed E-state index contributed by atoms with van der Waals surface area (Å²) < 4.78 is 10.7. The molecule has 33 heavy (non-hydrogen) atoms. The molecule has 3 heterocycles. The van der Waals surface area contributed by atoms with E-state index in [1.807, 2.05) is 51.1 Å². The number of furan rings is 1. The Morgan fingerprint density at radius 1 is 1.00 bits per heavy atom. The van der Waals surface area contributed by atoms with Crippen LogP contribution in [0.25, 0.3) is 11.4 Å². The zero-order valence-electron chi connectivity index (χ0n) is 19.1. The Morgan fingerprint density at radius 2 is 1.73 bits per heavy atom. The van der Waals surface area contributed by atoms with Gasteiger partial charge in [-0.1, -0.05) is 49.3 Å². The fourth-order valence-electron chi connectivity index (χ4n) is 3.93. The van der Waals surface area contributed by atoms with Crippen LogP contribution in [0.5, 0.6) is 0 Å². The molecule has 2 amide bonds. The molecule has 0 spiro atoms. The van der Waals surface area contributed by atoms with Gasteiger partial charge in [-0.3, -0.25) is 14.5 Å². The summed E-state index contributed by atoms with van der Waals surface area (Å²) in [5.74, 6) is 0.800. The largest absolute Gasteiger partial charge is 0.459 e. The van der Waals surface area contributed by atoms with Gasteiger partial charge >= 0.3 is 0 Å². The second-order valence-electron chi connectivity index (χ2n) is 8.53. The summed E-state index contributed by atoms with van der Waals surface area (Å²) in [5, 5.41) is 6.93. The number of carbonyl (C=O) groups is 2. The zero-order valence-corrected chi connectivity index (χ0v) is 19.1. The second-order valence-corrected chi connectivity index (χ2v) is 8.53. The van der Waals surface area contributed by atoms with Crippen molar-refractivity contribution >= 4 is 11.8 Å². The highest BCUT2D eigenvalue weighted by Gasteiger charge is 2.33. The van der Waals surface area contributed by atoms with Gasteiger partial charge < -0.3 is 19.2 Å². The molecule has 2 aromatic heterocycles. The Balaban J connectivity index is 1.35. The van der Waals surface area contributed by atoms with E-state index < -0.39 is 6.04 Å². The molecule has 9 heteroatoms. The molecular weight excluding hydrogens is 422 g/mol. The van der Waals surface area contributed by atoms with Crippen LogP contribution in [0.15, 0.2) is 57.7 Å². The summed E-state index contributed by atoms with van der Waals surface area (Å²) in [6, 6.07) is 12.3. The average molecular weight is 452 g/mol. The lowest BCUT2D eigenvalue weighted by molar-refractivity contribution is -0.136. The molecular formula is C24H29N5O4. The number of hydrogen-bond donors (Lipinski definition) is 1. The highest BCUT2D eigenvalue weighted by molar-refractivity contribution is 5.95. The first-order chi connectivity index (χ1) is 15.9. The summed E-state index contributed by atoms with van der Waals surface area (Å²) in [6.07, 6.45) is 1.44. The van der Waals surface area contributed by atoms with E-state index in [4.69, 9.17) is 8.94 Å². The molecule has 174 valence electrons.